The summed E-state index contributed by atoms with van der Waals surface area (Å²) in [6, 6.07) is 17.5. The number of sulfonamides is 1. The third-order valence-electron chi connectivity index (χ3n) is 4.48. The average molecular weight is 475 g/mol. The molecule has 3 aromatic rings. The number of nitrogens with one attached hydrogen (secondary N) is 2. The van der Waals surface area contributed by atoms with Gasteiger partial charge in [-0.1, -0.05) is 35.9 Å². The number of aliphatic hydroxyl groups is 1. The first kappa shape index (κ1) is 23.6. The maximum absolute atomic E-state index is 12.9. The molecule has 1 amide bonds. The van der Waals surface area contributed by atoms with Crippen LogP contribution in [-0.2, 0) is 14.8 Å². The van der Waals surface area contributed by atoms with Crippen molar-refractivity contribution in [3.63, 3.8) is 0 Å². The minimum absolute atomic E-state index is 0.0719. The Morgan fingerprint density at radius 3 is 2.50 bits per heavy atom. The topological polar surface area (TPSA) is 105 Å². The smallest absolute Gasteiger partial charge is 0.265 e. The molecule has 0 saturated carbocycles. The molecule has 32 heavy (non-hydrogen) atoms. The highest BCUT2D eigenvalue weighted by atomic mass is 35.5. The van der Waals surface area contributed by atoms with E-state index in [4.69, 9.17) is 16.3 Å². The highest BCUT2D eigenvalue weighted by Gasteiger charge is 2.22. The number of anilines is 2. The van der Waals surface area contributed by atoms with Crippen LogP contribution in [0.5, 0.6) is 5.75 Å². The molecular formula is C23H23ClN2O5S. The van der Waals surface area contributed by atoms with Crippen molar-refractivity contribution in [2.24, 2.45) is 0 Å². The van der Waals surface area contributed by atoms with Crippen molar-refractivity contribution < 1.29 is 23.1 Å². The Morgan fingerprint density at radius 1 is 1.06 bits per heavy atom. The fourth-order valence-corrected chi connectivity index (χ4v) is 4.41. The Kier molecular flexibility index (Phi) is 7.40. The molecule has 3 N–H and O–H groups in total. The van der Waals surface area contributed by atoms with E-state index in [2.05, 4.69) is 10.0 Å². The van der Waals surface area contributed by atoms with Crippen LogP contribution in [0.3, 0.4) is 0 Å². The minimum atomic E-state index is -3.94. The summed E-state index contributed by atoms with van der Waals surface area (Å²) in [5, 5.41) is 13.3. The lowest BCUT2D eigenvalue weighted by molar-refractivity contribution is -0.124. The largest absolute Gasteiger partial charge is 0.492 e. The molecule has 0 bridgehead atoms. The van der Waals surface area contributed by atoms with Crippen molar-refractivity contribution in [3.05, 3.63) is 82.9 Å². The highest BCUT2D eigenvalue weighted by molar-refractivity contribution is 7.92. The average Bonchev–Trinajstić information content (AvgIpc) is 2.73. The monoisotopic (exact) mass is 474 g/mol. The van der Waals surface area contributed by atoms with Crippen LogP contribution in [0.1, 0.15) is 24.2 Å². The number of rotatable bonds is 8. The van der Waals surface area contributed by atoms with Crippen LogP contribution >= 0.6 is 11.6 Å². The number of aryl methyl sites for hydroxylation is 1. The van der Waals surface area contributed by atoms with Crippen LogP contribution in [-0.4, -0.2) is 26.0 Å². The molecule has 0 aliphatic carbocycles. The molecule has 1 unspecified atom stereocenters. The summed E-state index contributed by atoms with van der Waals surface area (Å²) >= 11 is 5.91. The zero-order valence-corrected chi connectivity index (χ0v) is 19.1. The Hall–Kier alpha value is -3.07. The molecule has 168 valence electrons. The summed E-state index contributed by atoms with van der Waals surface area (Å²) in [7, 11) is -3.94. The van der Waals surface area contributed by atoms with Gasteiger partial charge in [-0.25, -0.2) is 8.42 Å². The molecule has 0 fully saturated rings. The van der Waals surface area contributed by atoms with Crippen molar-refractivity contribution in [1.29, 1.82) is 0 Å². The predicted octanol–water partition coefficient (Wildman–Crippen LogP) is 4.52. The summed E-state index contributed by atoms with van der Waals surface area (Å²) in [4.78, 5) is 12.4. The van der Waals surface area contributed by atoms with Crippen molar-refractivity contribution in [2.75, 3.05) is 16.6 Å². The van der Waals surface area contributed by atoms with E-state index in [0.717, 1.165) is 5.56 Å². The van der Waals surface area contributed by atoms with Gasteiger partial charge in [0.1, 0.15) is 10.6 Å². The van der Waals surface area contributed by atoms with Gasteiger partial charge in [0.2, 0.25) is 0 Å². The molecule has 3 aromatic carbocycles. The van der Waals surface area contributed by atoms with Crippen molar-refractivity contribution >= 4 is 38.9 Å². The van der Waals surface area contributed by atoms with Crippen molar-refractivity contribution in [2.45, 2.75) is 24.8 Å². The van der Waals surface area contributed by atoms with Crippen LogP contribution < -0.4 is 14.8 Å². The van der Waals surface area contributed by atoms with Crippen molar-refractivity contribution in [3.8, 4) is 5.75 Å². The SMILES string of the molecule is CCOc1cc(NC(=O)C(O)c2cccc(Cl)c2)ccc1S(=O)(=O)Nc1cccc(C)c1. The molecule has 0 spiro atoms. The minimum Gasteiger partial charge on any atom is -0.492 e. The van der Waals surface area contributed by atoms with E-state index in [0.29, 0.717) is 16.3 Å². The predicted molar refractivity (Wildman–Crippen MR) is 125 cm³/mol. The van der Waals surface area contributed by atoms with Crippen LogP contribution in [0.4, 0.5) is 11.4 Å². The van der Waals surface area contributed by atoms with Gasteiger partial charge in [-0.05, 0) is 61.4 Å². The number of aliphatic hydroxyl groups excluding tert-OH is 1. The number of hydrogen-bond acceptors (Lipinski definition) is 5. The van der Waals surface area contributed by atoms with Crippen LogP contribution in [0.2, 0.25) is 5.02 Å². The zero-order valence-electron chi connectivity index (χ0n) is 17.5. The number of benzene rings is 3. The van der Waals surface area contributed by atoms with Gasteiger partial charge in [-0.2, -0.15) is 0 Å². The van der Waals surface area contributed by atoms with E-state index in [1.807, 2.05) is 13.0 Å². The number of carbonyl (C=O) groups is 1. The third kappa shape index (κ3) is 5.79. The quantitative estimate of drug-likeness (QED) is 0.445. The second kappa shape index (κ2) is 10.0. The zero-order chi connectivity index (χ0) is 23.3. The second-order valence-electron chi connectivity index (χ2n) is 7.02. The fraction of sp³-hybridized carbons (Fsp3) is 0.174. The maximum Gasteiger partial charge on any atom is 0.265 e. The van der Waals surface area contributed by atoms with E-state index in [-0.39, 0.29) is 22.9 Å². The highest BCUT2D eigenvalue weighted by Crippen LogP contribution is 2.30. The molecule has 7 nitrogen and oxygen atoms in total. The normalized spacial score (nSPS) is 12.1. The Balaban J connectivity index is 1.84. The Bertz CT molecular complexity index is 1230. The third-order valence-corrected chi connectivity index (χ3v) is 6.14. The summed E-state index contributed by atoms with van der Waals surface area (Å²) < 4.78 is 33.9. The number of ether oxygens (including phenoxy) is 1. The molecule has 0 radical (unpaired) electrons. The molecule has 9 heteroatoms. The van der Waals surface area contributed by atoms with E-state index >= 15 is 0 Å². The molecule has 0 aliphatic heterocycles. The van der Waals surface area contributed by atoms with Crippen LogP contribution in [0, 0.1) is 6.92 Å². The van der Waals surface area contributed by atoms with Crippen molar-refractivity contribution in [1.82, 2.24) is 0 Å². The summed E-state index contributed by atoms with van der Waals surface area (Å²) in [6.07, 6.45) is -1.45. The first-order valence-corrected chi connectivity index (χ1v) is 11.7. The summed E-state index contributed by atoms with van der Waals surface area (Å²) in [5.74, 6) is -0.620. The summed E-state index contributed by atoms with van der Waals surface area (Å²) in [5.41, 5.74) is 1.94. The number of amides is 1. The van der Waals surface area contributed by atoms with Gasteiger partial charge in [0.05, 0.1) is 6.61 Å². The van der Waals surface area contributed by atoms with Crippen LogP contribution in [0.15, 0.2) is 71.6 Å². The van der Waals surface area contributed by atoms with Gasteiger partial charge >= 0.3 is 0 Å². The first-order chi connectivity index (χ1) is 15.2. The van der Waals surface area contributed by atoms with Crippen LogP contribution in [0.25, 0.3) is 0 Å². The lowest BCUT2D eigenvalue weighted by Crippen LogP contribution is -2.21. The van der Waals surface area contributed by atoms with Gasteiger partial charge in [-0.3, -0.25) is 9.52 Å². The molecule has 0 saturated heterocycles. The Morgan fingerprint density at radius 2 is 1.81 bits per heavy atom. The maximum atomic E-state index is 12.9. The van der Waals surface area contributed by atoms with Gasteiger partial charge in [0, 0.05) is 22.5 Å². The van der Waals surface area contributed by atoms with Gasteiger partial charge in [-0.15, -0.1) is 0 Å². The Labute approximate surface area is 192 Å². The van der Waals surface area contributed by atoms with E-state index < -0.39 is 22.0 Å². The van der Waals surface area contributed by atoms with Gasteiger partial charge < -0.3 is 15.2 Å². The lowest BCUT2D eigenvalue weighted by Gasteiger charge is -2.16. The molecule has 3 rings (SSSR count). The summed E-state index contributed by atoms with van der Waals surface area (Å²) in [6.45, 7) is 3.80. The fourth-order valence-electron chi connectivity index (χ4n) is 3.03. The molecule has 0 aliphatic rings. The van der Waals surface area contributed by atoms with E-state index in [1.165, 1.54) is 24.3 Å². The molecule has 0 aromatic heterocycles. The molecule has 0 heterocycles. The molecular weight excluding hydrogens is 452 g/mol. The number of hydrogen-bond donors (Lipinski definition) is 3. The van der Waals surface area contributed by atoms with E-state index in [9.17, 15) is 18.3 Å². The first-order valence-electron chi connectivity index (χ1n) is 9.80. The van der Waals surface area contributed by atoms with E-state index in [1.54, 1.807) is 43.3 Å². The van der Waals surface area contributed by atoms with Gasteiger partial charge in [0.25, 0.3) is 15.9 Å². The number of halogens is 1. The number of carbonyl (C=O) groups excluding carboxylic acids is 1. The molecule has 1 atom stereocenters. The van der Waals surface area contributed by atoms with Gasteiger partial charge in [0.15, 0.2) is 6.10 Å². The second-order valence-corrected chi connectivity index (χ2v) is 9.10. The lowest BCUT2D eigenvalue weighted by atomic mass is 10.1. The standard InChI is InChI=1S/C23H23ClN2O5S/c1-3-31-20-14-18(25-23(28)22(27)16-7-5-8-17(24)13-16)10-11-21(20)32(29,30)26-19-9-4-6-15(2)12-19/h4-14,22,26-27H,3H2,1-2H3,(H,25,28).